The van der Waals surface area contributed by atoms with E-state index in [1.807, 2.05) is 71.5 Å². The zero-order valence-electron chi connectivity index (χ0n) is 16.9. The van der Waals surface area contributed by atoms with Crippen LogP contribution in [0.5, 0.6) is 0 Å². The molecule has 0 bridgehead atoms. The van der Waals surface area contributed by atoms with Crippen LogP contribution in [-0.4, -0.2) is 32.2 Å². The van der Waals surface area contributed by atoms with Gasteiger partial charge in [0.15, 0.2) is 0 Å². The first kappa shape index (κ1) is 19.4. The molecular formula is C24H22N4O2. The van der Waals surface area contributed by atoms with Gasteiger partial charge in [-0.2, -0.15) is 5.10 Å². The molecule has 6 nitrogen and oxygen atoms in total. The highest BCUT2D eigenvalue weighted by Gasteiger charge is 2.18. The van der Waals surface area contributed by atoms with Gasteiger partial charge in [0.1, 0.15) is 0 Å². The zero-order valence-corrected chi connectivity index (χ0v) is 16.9. The normalized spacial score (nSPS) is 10.7. The average molecular weight is 398 g/mol. The van der Waals surface area contributed by atoms with Crippen LogP contribution < -0.4 is 5.56 Å². The van der Waals surface area contributed by atoms with E-state index in [0.29, 0.717) is 12.1 Å². The molecule has 0 unspecified atom stereocenters. The number of aromatic nitrogens is 3. The molecule has 30 heavy (non-hydrogen) atoms. The fourth-order valence-electron chi connectivity index (χ4n) is 3.31. The molecular weight excluding hydrogens is 376 g/mol. The van der Waals surface area contributed by atoms with Gasteiger partial charge in [-0.3, -0.25) is 9.59 Å². The summed E-state index contributed by atoms with van der Waals surface area (Å²) in [6.07, 6.45) is 3.55. The molecule has 2 aromatic carbocycles. The predicted octanol–water partition coefficient (Wildman–Crippen LogP) is 3.51. The van der Waals surface area contributed by atoms with Gasteiger partial charge in [0.2, 0.25) is 0 Å². The van der Waals surface area contributed by atoms with E-state index in [2.05, 4.69) is 0 Å². The minimum absolute atomic E-state index is 0.209. The molecule has 0 radical (unpaired) electrons. The number of hydrogen-bond acceptors (Lipinski definition) is 3. The van der Waals surface area contributed by atoms with Gasteiger partial charge in [-0.15, -0.1) is 0 Å². The quantitative estimate of drug-likeness (QED) is 0.517. The molecule has 0 saturated carbocycles. The predicted molar refractivity (Wildman–Crippen MR) is 116 cm³/mol. The summed E-state index contributed by atoms with van der Waals surface area (Å²) in [6.45, 7) is 0.366. The van der Waals surface area contributed by atoms with E-state index in [-0.39, 0.29) is 11.5 Å². The number of nitrogens with zero attached hydrogens (tertiary/aromatic N) is 4. The van der Waals surface area contributed by atoms with Crippen molar-refractivity contribution in [3.63, 3.8) is 0 Å². The van der Waals surface area contributed by atoms with Crippen molar-refractivity contribution in [2.45, 2.75) is 6.54 Å². The standard InChI is InChI=1S/C24H22N4O2/c1-26-14-13-19(15-22(26)29)24(30)27(2)16-20-17-28(21-11-7-4-8-12-21)25-23(20)18-9-5-3-6-10-18/h3-15,17H,16H2,1-2H3. The number of benzene rings is 2. The van der Waals surface area contributed by atoms with E-state index < -0.39 is 0 Å². The molecule has 2 aromatic heterocycles. The highest BCUT2D eigenvalue weighted by atomic mass is 16.2. The van der Waals surface area contributed by atoms with E-state index in [1.54, 1.807) is 31.3 Å². The summed E-state index contributed by atoms with van der Waals surface area (Å²) in [5.41, 5.74) is 3.83. The molecule has 0 atom stereocenters. The van der Waals surface area contributed by atoms with Gasteiger partial charge < -0.3 is 9.47 Å². The Bertz CT molecular complexity index is 1230. The fraction of sp³-hybridized carbons (Fsp3) is 0.125. The number of carbonyl (C=O) groups excluding carboxylic acids is 1. The lowest BCUT2D eigenvalue weighted by Gasteiger charge is -2.17. The Hall–Kier alpha value is -3.93. The van der Waals surface area contributed by atoms with Gasteiger partial charge in [-0.25, -0.2) is 4.68 Å². The number of amides is 1. The molecule has 4 aromatic rings. The molecule has 0 fully saturated rings. The Morgan fingerprint density at radius 3 is 2.33 bits per heavy atom. The SMILES string of the molecule is CN(Cc1cn(-c2ccccc2)nc1-c1ccccc1)C(=O)c1ccn(C)c(=O)c1. The van der Waals surface area contributed by atoms with Crippen molar-refractivity contribution in [2.24, 2.45) is 7.05 Å². The maximum atomic E-state index is 12.9. The van der Waals surface area contributed by atoms with E-state index in [4.69, 9.17) is 5.10 Å². The highest BCUT2D eigenvalue weighted by molar-refractivity contribution is 5.93. The lowest BCUT2D eigenvalue weighted by molar-refractivity contribution is 0.0785. The summed E-state index contributed by atoms with van der Waals surface area (Å²) >= 11 is 0. The van der Waals surface area contributed by atoms with Crippen LogP contribution in [0.25, 0.3) is 16.9 Å². The number of para-hydroxylation sites is 1. The minimum atomic E-state index is -0.212. The largest absolute Gasteiger partial charge is 0.337 e. The van der Waals surface area contributed by atoms with E-state index >= 15 is 0 Å². The van der Waals surface area contributed by atoms with Crippen molar-refractivity contribution in [3.05, 3.63) is 107 Å². The second-order valence-electron chi connectivity index (χ2n) is 7.17. The monoisotopic (exact) mass is 398 g/mol. The van der Waals surface area contributed by atoms with Crippen molar-refractivity contribution in [3.8, 4) is 16.9 Å². The fourth-order valence-corrected chi connectivity index (χ4v) is 3.31. The smallest absolute Gasteiger partial charge is 0.254 e. The summed E-state index contributed by atoms with van der Waals surface area (Å²) in [5.74, 6) is -0.209. The second kappa shape index (κ2) is 8.21. The lowest BCUT2D eigenvalue weighted by Crippen LogP contribution is -2.28. The minimum Gasteiger partial charge on any atom is -0.337 e. The van der Waals surface area contributed by atoms with Crippen molar-refractivity contribution in [1.82, 2.24) is 19.2 Å². The third-order valence-corrected chi connectivity index (χ3v) is 4.96. The molecule has 0 saturated heterocycles. The maximum absolute atomic E-state index is 12.9. The van der Waals surface area contributed by atoms with Gasteiger partial charge in [-0.1, -0.05) is 48.5 Å². The molecule has 1 amide bonds. The summed E-state index contributed by atoms with van der Waals surface area (Å²) in [5, 5.41) is 4.79. The van der Waals surface area contributed by atoms with E-state index in [1.165, 1.54) is 10.6 Å². The van der Waals surface area contributed by atoms with Crippen LogP contribution in [0.15, 0.2) is 90.0 Å². The number of hydrogen-bond donors (Lipinski definition) is 0. The first-order valence-corrected chi connectivity index (χ1v) is 9.64. The number of rotatable bonds is 5. The Balaban J connectivity index is 1.68. The van der Waals surface area contributed by atoms with Crippen molar-refractivity contribution in [1.29, 1.82) is 0 Å². The summed E-state index contributed by atoms with van der Waals surface area (Å²) < 4.78 is 3.27. The molecule has 2 heterocycles. The molecule has 0 aliphatic carbocycles. The molecule has 6 heteroatoms. The second-order valence-corrected chi connectivity index (χ2v) is 7.17. The zero-order chi connectivity index (χ0) is 21.1. The summed E-state index contributed by atoms with van der Waals surface area (Å²) in [6, 6.07) is 22.8. The Kier molecular flexibility index (Phi) is 5.30. The van der Waals surface area contributed by atoms with Crippen LogP contribution in [0.1, 0.15) is 15.9 Å². The van der Waals surface area contributed by atoms with Crippen LogP contribution in [0, 0.1) is 0 Å². The average Bonchev–Trinajstić information content (AvgIpc) is 3.20. The van der Waals surface area contributed by atoms with E-state index in [9.17, 15) is 9.59 Å². The number of aryl methyl sites for hydroxylation is 1. The van der Waals surface area contributed by atoms with Crippen LogP contribution >= 0.6 is 0 Å². The third-order valence-electron chi connectivity index (χ3n) is 4.96. The first-order valence-electron chi connectivity index (χ1n) is 9.64. The van der Waals surface area contributed by atoms with Crippen LogP contribution in [-0.2, 0) is 13.6 Å². The van der Waals surface area contributed by atoms with Crippen LogP contribution in [0.4, 0.5) is 0 Å². The highest BCUT2D eigenvalue weighted by Crippen LogP contribution is 2.25. The van der Waals surface area contributed by atoms with Gasteiger partial charge >= 0.3 is 0 Å². The number of pyridine rings is 1. The van der Waals surface area contributed by atoms with Crippen LogP contribution in [0.2, 0.25) is 0 Å². The van der Waals surface area contributed by atoms with Crippen LogP contribution in [0.3, 0.4) is 0 Å². The summed E-state index contributed by atoms with van der Waals surface area (Å²) in [4.78, 5) is 26.4. The first-order chi connectivity index (χ1) is 14.5. The molecule has 0 spiro atoms. The third kappa shape index (κ3) is 3.93. The molecule has 4 rings (SSSR count). The van der Waals surface area contributed by atoms with Gasteiger partial charge in [0.25, 0.3) is 11.5 Å². The Morgan fingerprint density at radius 2 is 1.67 bits per heavy atom. The molecule has 0 N–H and O–H groups in total. The topological polar surface area (TPSA) is 60.1 Å². The van der Waals surface area contributed by atoms with Crippen molar-refractivity contribution < 1.29 is 4.79 Å². The molecule has 0 aliphatic rings. The van der Waals surface area contributed by atoms with Gasteiger partial charge in [0.05, 0.1) is 11.4 Å². The maximum Gasteiger partial charge on any atom is 0.254 e. The molecule has 150 valence electrons. The van der Waals surface area contributed by atoms with Crippen molar-refractivity contribution in [2.75, 3.05) is 7.05 Å². The van der Waals surface area contributed by atoms with Gasteiger partial charge in [-0.05, 0) is 18.2 Å². The summed E-state index contributed by atoms with van der Waals surface area (Å²) in [7, 11) is 3.39. The van der Waals surface area contributed by atoms with Gasteiger partial charge in [0, 0.05) is 55.8 Å². The Morgan fingerprint density at radius 1 is 1.00 bits per heavy atom. The molecule has 0 aliphatic heterocycles. The van der Waals surface area contributed by atoms with E-state index in [0.717, 1.165) is 22.5 Å². The Labute approximate surface area is 174 Å². The lowest BCUT2D eigenvalue weighted by atomic mass is 10.1. The number of carbonyl (C=O) groups is 1. The van der Waals surface area contributed by atoms with Crippen molar-refractivity contribution >= 4 is 5.91 Å².